The molecule has 98 valence electrons. The summed E-state index contributed by atoms with van der Waals surface area (Å²) in [7, 11) is 1.68. The highest BCUT2D eigenvalue weighted by molar-refractivity contribution is 5.96. The molecule has 0 bridgehead atoms. The van der Waals surface area contributed by atoms with E-state index >= 15 is 0 Å². The summed E-state index contributed by atoms with van der Waals surface area (Å²) < 4.78 is 5.08. The van der Waals surface area contributed by atoms with E-state index in [4.69, 9.17) is 4.74 Å². The van der Waals surface area contributed by atoms with Crippen LogP contribution in [0.3, 0.4) is 0 Å². The van der Waals surface area contributed by atoms with Gasteiger partial charge in [0.15, 0.2) is 5.78 Å². The predicted octanol–water partition coefficient (Wildman–Crippen LogP) is 3.81. The van der Waals surface area contributed by atoms with Gasteiger partial charge in [-0.15, -0.1) is 0 Å². The number of ketones is 1. The Kier molecular flexibility index (Phi) is 4.54. The molecular formula is C16H22O2. The fourth-order valence-corrected chi connectivity index (χ4v) is 2.49. The van der Waals surface area contributed by atoms with Crippen molar-refractivity contribution in [2.75, 3.05) is 13.7 Å². The van der Waals surface area contributed by atoms with E-state index < -0.39 is 0 Å². The van der Waals surface area contributed by atoms with Crippen LogP contribution >= 0.6 is 0 Å². The van der Waals surface area contributed by atoms with Gasteiger partial charge in [-0.2, -0.15) is 0 Å². The van der Waals surface area contributed by atoms with E-state index in [1.165, 1.54) is 24.8 Å². The number of carbonyl (C=O) groups is 1. The molecule has 0 saturated heterocycles. The SMILES string of the molecule is COCC(C)CC(=O)c1cccc(C2CCC2)c1. The largest absolute Gasteiger partial charge is 0.384 e. The highest BCUT2D eigenvalue weighted by Crippen LogP contribution is 2.36. The van der Waals surface area contributed by atoms with Crippen LogP contribution in [-0.4, -0.2) is 19.5 Å². The standard InChI is InChI=1S/C16H22O2/c1-12(11-18-2)9-16(17)15-8-4-7-14(10-15)13-5-3-6-13/h4,7-8,10,12-13H,3,5-6,9,11H2,1-2H3. The summed E-state index contributed by atoms with van der Waals surface area (Å²) in [4.78, 5) is 12.2. The maximum atomic E-state index is 12.2. The number of Topliss-reactive ketones (excluding diaryl/α,β-unsaturated/α-hetero) is 1. The minimum Gasteiger partial charge on any atom is -0.384 e. The molecule has 1 aliphatic carbocycles. The van der Waals surface area contributed by atoms with E-state index in [1.54, 1.807) is 7.11 Å². The zero-order chi connectivity index (χ0) is 13.0. The molecule has 0 radical (unpaired) electrons. The molecule has 0 spiro atoms. The minimum atomic E-state index is 0.237. The summed E-state index contributed by atoms with van der Waals surface area (Å²) >= 11 is 0. The van der Waals surface area contributed by atoms with E-state index in [1.807, 2.05) is 12.1 Å². The van der Waals surface area contributed by atoms with Gasteiger partial charge in [0.05, 0.1) is 0 Å². The van der Waals surface area contributed by atoms with Crippen LogP contribution < -0.4 is 0 Å². The Balaban J connectivity index is 2.01. The van der Waals surface area contributed by atoms with Gasteiger partial charge in [0.2, 0.25) is 0 Å². The summed E-state index contributed by atoms with van der Waals surface area (Å²) in [5.41, 5.74) is 2.20. The lowest BCUT2D eigenvalue weighted by atomic mass is 9.79. The lowest BCUT2D eigenvalue weighted by Crippen LogP contribution is -2.12. The van der Waals surface area contributed by atoms with Crippen molar-refractivity contribution in [1.82, 2.24) is 0 Å². The summed E-state index contributed by atoms with van der Waals surface area (Å²) in [5.74, 6) is 1.21. The van der Waals surface area contributed by atoms with Gasteiger partial charge >= 0.3 is 0 Å². The summed E-state index contributed by atoms with van der Waals surface area (Å²) in [6.45, 7) is 2.70. The first-order chi connectivity index (χ1) is 8.70. The number of methoxy groups -OCH3 is 1. The van der Waals surface area contributed by atoms with Crippen LogP contribution in [0, 0.1) is 5.92 Å². The number of carbonyl (C=O) groups excluding carboxylic acids is 1. The highest BCUT2D eigenvalue weighted by atomic mass is 16.5. The van der Waals surface area contributed by atoms with Crippen LogP contribution in [0.5, 0.6) is 0 Å². The van der Waals surface area contributed by atoms with E-state index in [9.17, 15) is 4.79 Å². The summed E-state index contributed by atoms with van der Waals surface area (Å²) in [6.07, 6.45) is 4.45. The van der Waals surface area contributed by atoms with E-state index in [0.717, 1.165) is 5.56 Å². The van der Waals surface area contributed by atoms with Gasteiger partial charge in [-0.05, 0) is 36.3 Å². The van der Waals surface area contributed by atoms with Gasteiger partial charge in [0, 0.05) is 25.7 Å². The van der Waals surface area contributed by atoms with E-state index in [2.05, 4.69) is 19.1 Å². The Morgan fingerprint density at radius 1 is 1.44 bits per heavy atom. The third-order valence-electron chi connectivity index (χ3n) is 3.77. The van der Waals surface area contributed by atoms with Crippen molar-refractivity contribution in [3.63, 3.8) is 0 Å². The molecule has 0 aromatic heterocycles. The van der Waals surface area contributed by atoms with Crippen molar-refractivity contribution in [1.29, 1.82) is 0 Å². The number of hydrogen-bond acceptors (Lipinski definition) is 2. The third-order valence-corrected chi connectivity index (χ3v) is 3.77. The molecule has 2 heteroatoms. The van der Waals surface area contributed by atoms with Gasteiger partial charge in [-0.3, -0.25) is 4.79 Å². The summed E-state index contributed by atoms with van der Waals surface area (Å²) in [5, 5.41) is 0. The summed E-state index contributed by atoms with van der Waals surface area (Å²) in [6, 6.07) is 8.19. The van der Waals surface area contributed by atoms with Crippen LogP contribution in [0.15, 0.2) is 24.3 Å². The molecule has 1 saturated carbocycles. The van der Waals surface area contributed by atoms with Crippen LogP contribution in [0.4, 0.5) is 0 Å². The zero-order valence-corrected chi connectivity index (χ0v) is 11.3. The first kappa shape index (κ1) is 13.3. The smallest absolute Gasteiger partial charge is 0.163 e. The van der Waals surface area contributed by atoms with Crippen molar-refractivity contribution < 1.29 is 9.53 Å². The van der Waals surface area contributed by atoms with Crippen molar-refractivity contribution in [3.05, 3.63) is 35.4 Å². The molecule has 1 aliphatic rings. The fourth-order valence-electron chi connectivity index (χ4n) is 2.49. The molecule has 1 fully saturated rings. The van der Waals surface area contributed by atoms with Gasteiger partial charge in [-0.25, -0.2) is 0 Å². The lowest BCUT2D eigenvalue weighted by Gasteiger charge is -2.26. The average molecular weight is 246 g/mol. The van der Waals surface area contributed by atoms with Crippen molar-refractivity contribution in [2.45, 2.75) is 38.5 Å². The maximum Gasteiger partial charge on any atom is 0.163 e. The normalized spacial score (nSPS) is 17.2. The molecule has 1 aromatic carbocycles. The molecule has 1 aromatic rings. The van der Waals surface area contributed by atoms with Crippen LogP contribution in [0.2, 0.25) is 0 Å². The maximum absolute atomic E-state index is 12.2. The third kappa shape index (κ3) is 3.20. The Labute approximate surface area is 109 Å². The predicted molar refractivity (Wildman–Crippen MR) is 73.0 cm³/mol. The molecule has 2 nitrogen and oxygen atoms in total. The van der Waals surface area contributed by atoms with E-state index in [-0.39, 0.29) is 11.7 Å². The monoisotopic (exact) mass is 246 g/mol. The van der Waals surface area contributed by atoms with Crippen molar-refractivity contribution in [2.24, 2.45) is 5.92 Å². The molecular weight excluding hydrogens is 224 g/mol. The Bertz CT molecular complexity index is 407. The van der Waals surface area contributed by atoms with Crippen LogP contribution in [-0.2, 0) is 4.74 Å². The number of hydrogen-bond donors (Lipinski definition) is 0. The van der Waals surface area contributed by atoms with Gasteiger partial charge in [0.25, 0.3) is 0 Å². The van der Waals surface area contributed by atoms with E-state index in [0.29, 0.717) is 18.9 Å². The Hall–Kier alpha value is -1.15. The molecule has 18 heavy (non-hydrogen) atoms. The molecule has 1 atom stereocenters. The quantitative estimate of drug-likeness (QED) is 0.713. The Morgan fingerprint density at radius 3 is 2.83 bits per heavy atom. The lowest BCUT2D eigenvalue weighted by molar-refractivity contribution is 0.0920. The highest BCUT2D eigenvalue weighted by Gasteiger charge is 2.20. The molecule has 0 N–H and O–H groups in total. The second-order valence-corrected chi connectivity index (χ2v) is 5.44. The molecule has 0 amide bonds. The topological polar surface area (TPSA) is 26.3 Å². The number of benzene rings is 1. The zero-order valence-electron chi connectivity index (χ0n) is 11.3. The molecule has 1 unspecified atom stereocenters. The first-order valence-electron chi connectivity index (χ1n) is 6.82. The van der Waals surface area contributed by atoms with Gasteiger partial charge in [0.1, 0.15) is 0 Å². The van der Waals surface area contributed by atoms with Crippen molar-refractivity contribution in [3.8, 4) is 0 Å². The number of ether oxygens (including phenoxy) is 1. The Morgan fingerprint density at radius 2 is 2.22 bits per heavy atom. The molecule has 0 aliphatic heterocycles. The van der Waals surface area contributed by atoms with Crippen molar-refractivity contribution >= 4 is 5.78 Å². The van der Waals surface area contributed by atoms with Gasteiger partial charge < -0.3 is 4.74 Å². The van der Waals surface area contributed by atoms with Crippen LogP contribution in [0.1, 0.15) is 54.4 Å². The molecule has 2 rings (SSSR count). The second kappa shape index (κ2) is 6.14. The van der Waals surface area contributed by atoms with Gasteiger partial charge in [-0.1, -0.05) is 31.5 Å². The first-order valence-corrected chi connectivity index (χ1v) is 6.82. The fraction of sp³-hybridized carbons (Fsp3) is 0.562. The van der Waals surface area contributed by atoms with Crippen LogP contribution in [0.25, 0.3) is 0 Å². The average Bonchev–Trinajstić information content (AvgIpc) is 2.27. The molecule has 0 heterocycles. The minimum absolute atomic E-state index is 0.237. The number of rotatable bonds is 6. The second-order valence-electron chi connectivity index (χ2n) is 5.44.